The van der Waals surface area contributed by atoms with Gasteiger partial charge in [0, 0.05) is 17.2 Å². The van der Waals surface area contributed by atoms with E-state index in [0.29, 0.717) is 24.5 Å². The Labute approximate surface area is 142 Å². The third kappa shape index (κ3) is 4.38. The number of rotatable bonds is 7. The third-order valence-electron chi connectivity index (χ3n) is 3.47. The highest BCUT2D eigenvalue weighted by atomic mass is 16.5. The number of ether oxygens (including phenoxy) is 2. The largest absolute Gasteiger partial charge is 0.508 e. The Morgan fingerprint density at radius 1 is 1.04 bits per heavy atom. The minimum atomic E-state index is -0.135. The van der Waals surface area contributed by atoms with Crippen molar-refractivity contribution in [1.82, 2.24) is 0 Å². The summed E-state index contributed by atoms with van der Waals surface area (Å²) in [4.78, 5) is 12.2. The summed E-state index contributed by atoms with van der Waals surface area (Å²) >= 11 is 0. The molecule has 2 aromatic carbocycles. The van der Waals surface area contributed by atoms with E-state index >= 15 is 0 Å². The third-order valence-corrected chi connectivity index (χ3v) is 3.47. The fourth-order valence-corrected chi connectivity index (χ4v) is 2.30. The van der Waals surface area contributed by atoms with Gasteiger partial charge in [-0.3, -0.25) is 4.79 Å². The molecule has 0 aromatic heterocycles. The highest BCUT2D eigenvalue weighted by Gasteiger charge is 2.09. The molecule has 0 radical (unpaired) electrons. The predicted molar refractivity (Wildman–Crippen MR) is 95.0 cm³/mol. The van der Waals surface area contributed by atoms with E-state index in [2.05, 4.69) is 0 Å². The van der Waals surface area contributed by atoms with Crippen molar-refractivity contribution >= 4 is 11.9 Å². The normalized spacial score (nSPS) is 10.8. The molecule has 0 aliphatic heterocycles. The summed E-state index contributed by atoms with van der Waals surface area (Å²) in [6.45, 7) is 6.92. The zero-order valence-electron chi connectivity index (χ0n) is 14.2. The van der Waals surface area contributed by atoms with Gasteiger partial charge in [-0.25, -0.2) is 0 Å². The molecule has 0 unspecified atom stereocenters. The Hall–Kier alpha value is -2.75. The molecule has 0 amide bonds. The molecule has 126 valence electrons. The number of carbonyl (C=O) groups excluding carboxylic acids is 1. The lowest BCUT2D eigenvalue weighted by Gasteiger charge is -2.13. The Morgan fingerprint density at radius 3 is 2.29 bits per heavy atom. The smallest absolute Gasteiger partial charge is 0.185 e. The molecule has 0 atom stereocenters. The number of carbonyl (C=O) groups is 1. The van der Waals surface area contributed by atoms with Gasteiger partial charge in [0.1, 0.15) is 17.2 Å². The number of aromatic hydroxyl groups is 1. The SMILES string of the molecule is CCOc1cc(OCC)c(/C=C/C(=O)c2ccc(O)cc2)cc1C. The summed E-state index contributed by atoms with van der Waals surface area (Å²) in [5.41, 5.74) is 2.33. The number of phenolic OH excluding ortho intramolecular Hbond substituents is 1. The quantitative estimate of drug-likeness (QED) is 0.605. The van der Waals surface area contributed by atoms with Crippen molar-refractivity contribution in [1.29, 1.82) is 0 Å². The fourth-order valence-electron chi connectivity index (χ4n) is 2.30. The summed E-state index contributed by atoms with van der Waals surface area (Å²) in [6, 6.07) is 9.97. The zero-order chi connectivity index (χ0) is 17.5. The monoisotopic (exact) mass is 326 g/mol. The lowest BCUT2D eigenvalue weighted by Crippen LogP contribution is -1.99. The Balaban J connectivity index is 2.28. The molecule has 24 heavy (non-hydrogen) atoms. The van der Waals surface area contributed by atoms with Crippen molar-refractivity contribution in [2.75, 3.05) is 13.2 Å². The van der Waals surface area contributed by atoms with Gasteiger partial charge < -0.3 is 14.6 Å². The topological polar surface area (TPSA) is 55.8 Å². The van der Waals surface area contributed by atoms with Crippen LogP contribution < -0.4 is 9.47 Å². The first-order valence-corrected chi connectivity index (χ1v) is 7.96. The summed E-state index contributed by atoms with van der Waals surface area (Å²) < 4.78 is 11.2. The molecule has 0 bridgehead atoms. The Kier molecular flexibility index (Phi) is 6.01. The molecule has 0 saturated heterocycles. The van der Waals surface area contributed by atoms with Crippen LogP contribution in [0.15, 0.2) is 42.5 Å². The van der Waals surface area contributed by atoms with Gasteiger partial charge in [0.25, 0.3) is 0 Å². The van der Waals surface area contributed by atoms with Gasteiger partial charge in [0.05, 0.1) is 13.2 Å². The van der Waals surface area contributed by atoms with Crippen molar-refractivity contribution in [3.63, 3.8) is 0 Å². The van der Waals surface area contributed by atoms with Gasteiger partial charge in [-0.1, -0.05) is 0 Å². The first-order valence-electron chi connectivity index (χ1n) is 7.96. The number of ketones is 1. The van der Waals surface area contributed by atoms with Gasteiger partial charge in [0.15, 0.2) is 5.78 Å². The van der Waals surface area contributed by atoms with E-state index in [4.69, 9.17) is 9.47 Å². The maximum Gasteiger partial charge on any atom is 0.185 e. The van der Waals surface area contributed by atoms with Crippen LogP contribution in [-0.2, 0) is 0 Å². The van der Waals surface area contributed by atoms with Gasteiger partial charge in [-0.05, 0) is 68.8 Å². The minimum absolute atomic E-state index is 0.135. The van der Waals surface area contributed by atoms with Crippen LogP contribution in [0.5, 0.6) is 17.2 Å². The van der Waals surface area contributed by atoms with Crippen LogP contribution in [0.3, 0.4) is 0 Å². The first kappa shape index (κ1) is 17.6. The molecule has 0 heterocycles. The molecule has 1 N–H and O–H groups in total. The van der Waals surface area contributed by atoms with E-state index < -0.39 is 0 Å². The van der Waals surface area contributed by atoms with Crippen molar-refractivity contribution in [3.05, 3.63) is 59.2 Å². The number of allylic oxidation sites excluding steroid dienone is 1. The average Bonchev–Trinajstić information content (AvgIpc) is 2.57. The lowest BCUT2D eigenvalue weighted by molar-refractivity contribution is 0.104. The van der Waals surface area contributed by atoms with E-state index in [9.17, 15) is 9.90 Å². The summed E-state index contributed by atoms with van der Waals surface area (Å²) in [7, 11) is 0. The first-order chi connectivity index (χ1) is 11.5. The Bertz CT molecular complexity index is 730. The second-order valence-corrected chi connectivity index (χ2v) is 5.27. The molecule has 4 heteroatoms. The zero-order valence-corrected chi connectivity index (χ0v) is 14.2. The predicted octanol–water partition coefficient (Wildman–Crippen LogP) is 4.39. The number of hydrogen-bond acceptors (Lipinski definition) is 4. The highest BCUT2D eigenvalue weighted by molar-refractivity contribution is 6.07. The van der Waals surface area contributed by atoms with Crippen LogP contribution in [0, 0.1) is 6.92 Å². The van der Waals surface area contributed by atoms with Crippen LogP contribution in [0.4, 0.5) is 0 Å². The number of aryl methyl sites for hydroxylation is 1. The van der Waals surface area contributed by atoms with Crippen molar-refractivity contribution in [2.45, 2.75) is 20.8 Å². The molecular formula is C20H22O4. The molecule has 0 spiro atoms. The van der Waals surface area contributed by atoms with E-state index in [0.717, 1.165) is 16.9 Å². The summed E-state index contributed by atoms with van der Waals surface area (Å²) in [6.07, 6.45) is 3.24. The fraction of sp³-hybridized carbons (Fsp3) is 0.250. The number of benzene rings is 2. The van der Waals surface area contributed by atoms with Crippen molar-refractivity contribution in [2.24, 2.45) is 0 Å². The van der Waals surface area contributed by atoms with Crippen LogP contribution in [0.2, 0.25) is 0 Å². The van der Waals surface area contributed by atoms with Gasteiger partial charge in [0.2, 0.25) is 0 Å². The van der Waals surface area contributed by atoms with Crippen LogP contribution >= 0.6 is 0 Å². The van der Waals surface area contributed by atoms with E-state index in [1.165, 1.54) is 18.2 Å². The number of phenols is 1. The average molecular weight is 326 g/mol. The molecule has 2 aromatic rings. The molecule has 0 aliphatic carbocycles. The van der Waals surface area contributed by atoms with E-state index in [1.807, 2.05) is 32.9 Å². The molecule has 4 nitrogen and oxygen atoms in total. The molecule has 0 fully saturated rings. The lowest BCUT2D eigenvalue weighted by atomic mass is 10.1. The second kappa shape index (κ2) is 8.20. The molecule has 0 aliphatic rings. The highest BCUT2D eigenvalue weighted by Crippen LogP contribution is 2.30. The van der Waals surface area contributed by atoms with Gasteiger partial charge in [-0.15, -0.1) is 0 Å². The minimum Gasteiger partial charge on any atom is -0.508 e. The maximum atomic E-state index is 12.2. The van der Waals surface area contributed by atoms with Gasteiger partial charge >= 0.3 is 0 Å². The summed E-state index contributed by atoms with van der Waals surface area (Å²) in [5, 5.41) is 9.28. The van der Waals surface area contributed by atoms with Crippen molar-refractivity contribution in [3.8, 4) is 17.2 Å². The van der Waals surface area contributed by atoms with Crippen molar-refractivity contribution < 1.29 is 19.4 Å². The van der Waals surface area contributed by atoms with E-state index in [-0.39, 0.29) is 11.5 Å². The van der Waals surface area contributed by atoms with Crippen LogP contribution in [0.1, 0.15) is 35.3 Å². The van der Waals surface area contributed by atoms with Crippen LogP contribution in [0.25, 0.3) is 6.08 Å². The second-order valence-electron chi connectivity index (χ2n) is 5.27. The number of hydrogen-bond donors (Lipinski definition) is 1. The summed E-state index contributed by atoms with van der Waals surface area (Å²) in [5.74, 6) is 1.46. The molecular weight excluding hydrogens is 304 g/mol. The molecule has 2 rings (SSSR count). The molecule has 0 saturated carbocycles. The van der Waals surface area contributed by atoms with Crippen LogP contribution in [-0.4, -0.2) is 24.1 Å². The Morgan fingerprint density at radius 2 is 1.67 bits per heavy atom. The standard InChI is InChI=1S/C20H22O4/c1-4-23-19-13-20(24-5-2)16(12-14(19)3)8-11-18(22)15-6-9-17(21)10-7-15/h6-13,21H,4-5H2,1-3H3/b11-8+. The van der Waals surface area contributed by atoms with E-state index in [1.54, 1.807) is 18.2 Å². The van der Waals surface area contributed by atoms with Gasteiger partial charge in [-0.2, -0.15) is 0 Å². The maximum absolute atomic E-state index is 12.2.